The monoisotopic (exact) mass is 339 g/mol. The summed E-state index contributed by atoms with van der Waals surface area (Å²) in [6.45, 7) is 2.93. The molecular weight excluding hydrogens is 314 g/mol. The molecule has 25 heavy (non-hydrogen) atoms. The molecule has 2 aromatic carbocycles. The number of nitrogens with zero attached hydrogens (tertiary/aromatic N) is 1. The number of fused-ring (bicyclic) bond motifs is 1. The van der Waals surface area contributed by atoms with Gasteiger partial charge in [-0.1, -0.05) is 30.3 Å². The van der Waals surface area contributed by atoms with Crippen molar-refractivity contribution in [1.29, 1.82) is 0 Å². The minimum atomic E-state index is -0.368. The highest BCUT2D eigenvalue weighted by Crippen LogP contribution is 2.26. The van der Waals surface area contributed by atoms with Crippen molar-refractivity contribution < 1.29 is 9.90 Å². The van der Waals surface area contributed by atoms with Gasteiger partial charge in [0, 0.05) is 37.4 Å². The maximum Gasteiger partial charge on any atom is 0.255 e. The number of hydrogen-bond donors (Lipinski definition) is 3. The number of benzene rings is 2. The van der Waals surface area contributed by atoms with Gasteiger partial charge in [-0.25, -0.2) is 0 Å². The summed E-state index contributed by atoms with van der Waals surface area (Å²) >= 11 is 0. The predicted molar refractivity (Wildman–Crippen MR) is 99.8 cm³/mol. The number of β-amino-alcohol motifs (C(OH)–C–C–N with tert-alkyl or cyclic N) is 1. The molecule has 1 aliphatic rings. The van der Waals surface area contributed by atoms with Crippen molar-refractivity contribution in [3.8, 4) is 0 Å². The number of hydrogen-bond acceptors (Lipinski definition) is 4. The van der Waals surface area contributed by atoms with E-state index in [9.17, 15) is 9.90 Å². The minimum Gasteiger partial charge on any atom is -0.390 e. The second-order valence-electron chi connectivity index (χ2n) is 6.46. The Morgan fingerprint density at radius 1 is 1.20 bits per heavy atom. The Bertz CT molecular complexity index is 718. The van der Waals surface area contributed by atoms with Gasteiger partial charge in [-0.05, 0) is 42.8 Å². The molecule has 5 heteroatoms. The largest absolute Gasteiger partial charge is 0.390 e. The molecule has 1 amide bonds. The average molecular weight is 339 g/mol. The van der Waals surface area contributed by atoms with Crippen LogP contribution in [0.4, 0.5) is 5.69 Å². The Morgan fingerprint density at radius 3 is 2.76 bits per heavy atom. The van der Waals surface area contributed by atoms with E-state index in [0.29, 0.717) is 18.7 Å². The van der Waals surface area contributed by atoms with Gasteiger partial charge >= 0.3 is 0 Å². The Balaban J connectivity index is 1.70. The van der Waals surface area contributed by atoms with Crippen molar-refractivity contribution in [3.63, 3.8) is 0 Å². The first-order chi connectivity index (χ1) is 12.2. The SMILES string of the molecule is CNCC(O)CN1CCc2c(cccc2NC(=O)c2ccccc2)C1. The van der Waals surface area contributed by atoms with Crippen LogP contribution in [-0.2, 0) is 13.0 Å². The molecule has 3 N–H and O–H groups in total. The number of rotatable bonds is 6. The van der Waals surface area contributed by atoms with Gasteiger partial charge in [0.05, 0.1) is 6.10 Å². The van der Waals surface area contributed by atoms with Crippen LogP contribution < -0.4 is 10.6 Å². The number of nitrogens with one attached hydrogen (secondary N) is 2. The number of carbonyl (C=O) groups is 1. The van der Waals surface area contributed by atoms with Crippen LogP contribution in [0.25, 0.3) is 0 Å². The van der Waals surface area contributed by atoms with Crippen molar-refractivity contribution in [3.05, 3.63) is 65.2 Å². The van der Waals surface area contributed by atoms with Crippen LogP contribution in [0.2, 0.25) is 0 Å². The molecule has 1 unspecified atom stereocenters. The summed E-state index contributed by atoms with van der Waals surface area (Å²) in [6.07, 6.45) is 0.500. The summed E-state index contributed by atoms with van der Waals surface area (Å²) in [7, 11) is 1.84. The van der Waals surface area contributed by atoms with E-state index in [4.69, 9.17) is 0 Å². The molecule has 0 radical (unpaired) electrons. The third kappa shape index (κ3) is 4.45. The lowest BCUT2D eigenvalue weighted by Crippen LogP contribution is -2.40. The molecule has 1 atom stereocenters. The molecule has 0 fully saturated rings. The van der Waals surface area contributed by atoms with Crippen LogP contribution >= 0.6 is 0 Å². The van der Waals surface area contributed by atoms with Crippen molar-refractivity contribution in [1.82, 2.24) is 10.2 Å². The first kappa shape index (κ1) is 17.6. The number of amides is 1. The smallest absolute Gasteiger partial charge is 0.255 e. The fraction of sp³-hybridized carbons (Fsp3) is 0.350. The lowest BCUT2D eigenvalue weighted by atomic mass is 9.97. The van der Waals surface area contributed by atoms with E-state index in [1.54, 1.807) is 0 Å². The molecule has 0 bridgehead atoms. The maximum absolute atomic E-state index is 12.4. The Morgan fingerprint density at radius 2 is 2.00 bits per heavy atom. The second-order valence-corrected chi connectivity index (χ2v) is 6.46. The molecule has 132 valence electrons. The van der Waals surface area contributed by atoms with Crippen molar-refractivity contribution in [2.24, 2.45) is 0 Å². The molecule has 0 aliphatic carbocycles. The Hall–Kier alpha value is -2.21. The van der Waals surface area contributed by atoms with Crippen LogP contribution in [0.1, 0.15) is 21.5 Å². The van der Waals surface area contributed by atoms with Crippen LogP contribution in [0, 0.1) is 0 Å². The molecule has 1 heterocycles. The van der Waals surface area contributed by atoms with Gasteiger partial charge in [-0.2, -0.15) is 0 Å². The van der Waals surface area contributed by atoms with Gasteiger partial charge in [0.25, 0.3) is 5.91 Å². The van der Waals surface area contributed by atoms with Gasteiger partial charge in [-0.3, -0.25) is 9.69 Å². The van der Waals surface area contributed by atoms with E-state index < -0.39 is 0 Å². The first-order valence-corrected chi connectivity index (χ1v) is 8.69. The van der Waals surface area contributed by atoms with E-state index in [1.807, 2.05) is 49.5 Å². The molecule has 2 aromatic rings. The molecule has 0 saturated heterocycles. The molecule has 0 spiro atoms. The first-order valence-electron chi connectivity index (χ1n) is 8.69. The maximum atomic E-state index is 12.4. The average Bonchev–Trinajstić information content (AvgIpc) is 2.62. The number of carbonyl (C=O) groups excluding carboxylic acids is 1. The summed E-state index contributed by atoms with van der Waals surface area (Å²) in [5, 5.41) is 16.0. The third-order valence-corrected chi connectivity index (χ3v) is 4.54. The Labute approximate surface area is 148 Å². The van der Waals surface area contributed by atoms with Crippen molar-refractivity contribution in [2.45, 2.75) is 19.1 Å². The zero-order valence-corrected chi connectivity index (χ0v) is 14.5. The molecule has 3 rings (SSSR count). The van der Waals surface area contributed by atoms with Gasteiger partial charge in [0.2, 0.25) is 0 Å². The van der Waals surface area contributed by atoms with E-state index in [1.165, 1.54) is 11.1 Å². The standard InChI is InChI=1S/C20H25N3O2/c1-21-12-17(24)14-23-11-10-18-16(13-23)8-5-9-19(18)22-20(25)15-6-3-2-4-7-15/h2-9,17,21,24H,10-14H2,1H3,(H,22,25). The predicted octanol–water partition coefficient (Wildman–Crippen LogP) is 1.88. The number of anilines is 1. The molecular formula is C20H25N3O2. The summed E-state index contributed by atoms with van der Waals surface area (Å²) in [5.41, 5.74) is 3.97. The van der Waals surface area contributed by atoms with Crippen molar-refractivity contribution in [2.75, 3.05) is 32.0 Å². The highest BCUT2D eigenvalue weighted by atomic mass is 16.3. The van der Waals surface area contributed by atoms with Crippen LogP contribution in [0.15, 0.2) is 48.5 Å². The van der Waals surface area contributed by atoms with E-state index in [-0.39, 0.29) is 12.0 Å². The molecule has 1 aliphatic heterocycles. The number of aliphatic hydroxyl groups excluding tert-OH is 1. The number of likely N-dealkylation sites (N-methyl/N-ethyl adjacent to an activating group) is 1. The molecule has 0 aromatic heterocycles. The summed E-state index contributed by atoms with van der Waals surface area (Å²) in [6, 6.07) is 15.3. The zero-order valence-electron chi connectivity index (χ0n) is 14.5. The summed E-state index contributed by atoms with van der Waals surface area (Å²) < 4.78 is 0. The fourth-order valence-electron chi connectivity index (χ4n) is 3.32. The lowest BCUT2D eigenvalue weighted by Gasteiger charge is -2.31. The van der Waals surface area contributed by atoms with Crippen molar-refractivity contribution >= 4 is 11.6 Å². The second kappa shape index (κ2) is 8.25. The highest BCUT2D eigenvalue weighted by Gasteiger charge is 2.21. The molecule has 0 saturated carbocycles. The topological polar surface area (TPSA) is 64.6 Å². The van der Waals surface area contributed by atoms with Crippen LogP contribution in [0.3, 0.4) is 0 Å². The zero-order chi connectivity index (χ0) is 17.6. The quantitative estimate of drug-likeness (QED) is 0.752. The highest BCUT2D eigenvalue weighted by molar-refractivity contribution is 6.04. The summed E-state index contributed by atoms with van der Waals surface area (Å²) in [5.74, 6) is -0.0825. The van der Waals surface area contributed by atoms with Gasteiger partial charge in [0.1, 0.15) is 0 Å². The Kier molecular flexibility index (Phi) is 5.81. The van der Waals surface area contributed by atoms with Gasteiger partial charge in [0.15, 0.2) is 0 Å². The van der Waals surface area contributed by atoms with Gasteiger partial charge < -0.3 is 15.7 Å². The third-order valence-electron chi connectivity index (χ3n) is 4.54. The lowest BCUT2D eigenvalue weighted by molar-refractivity contribution is 0.102. The fourth-order valence-corrected chi connectivity index (χ4v) is 3.32. The van der Waals surface area contributed by atoms with E-state index >= 15 is 0 Å². The minimum absolute atomic E-state index is 0.0825. The number of aliphatic hydroxyl groups is 1. The summed E-state index contributed by atoms with van der Waals surface area (Å²) in [4.78, 5) is 14.7. The normalized spacial score (nSPS) is 15.4. The van der Waals surface area contributed by atoms with E-state index in [0.717, 1.165) is 25.2 Å². The van der Waals surface area contributed by atoms with Crippen LogP contribution in [0.5, 0.6) is 0 Å². The van der Waals surface area contributed by atoms with E-state index in [2.05, 4.69) is 21.6 Å². The van der Waals surface area contributed by atoms with Crippen LogP contribution in [-0.4, -0.2) is 48.7 Å². The molecule has 5 nitrogen and oxygen atoms in total. The van der Waals surface area contributed by atoms with Gasteiger partial charge in [-0.15, -0.1) is 0 Å².